The molecule has 2 heterocycles. The Morgan fingerprint density at radius 1 is 1.22 bits per heavy atom. The Kier molecular flexibility index (Phi) is 2.94. The van der Waals surface area contributed by atoms with Crippen LogP contribution >= 0.6 is 0 Å². The number of halogens is 1. The van der Waals surface area contributed by atoms with E-state index >= 15 is 0 Å². The molecule has 4 rings (SSSR count). The number of primary amides is 1. The van der Waals surface area contributed by atoms with Crippen molar-refractivity contribution >= 4 is 27.7 Å². The number of rotatable bonds is 3. The van der Waals surface area contributed by atoms with E-state index in [1.165, 1.54) is 6.07 Å². The molecule has 5 heteroatoms. The lowest BCUT2D eigenvalue weighted by Crippen LogP contribution is -2.11. The second-order valence-corrected chi connectivity index (χ2v) is 5.35. The molecular weight excluding hydrogens is 295 g/mol. The molecule has 0 aliphatic heterocycles. The monoisotopic (exact) mass is 307 g/mol. The lowest BCUT2D eigenvalue weighted by molar-refractivity contribution is 0.100. The number of amides is 1. The third-order valence-corrected chi connectivity index (χ3v) is 3.95. The Bertz CT molecular complexity index is 1030. The van der Waals surface area contributed by atoms with Gasteiger partial charge >= 0.3 is 0 Å². The molecule has 0 aliphatic carbocycles. The van der Waals surface area contributed by atoms with Crippen LogP contribution in [0.1, 0.15) is 15.9 Å². The van der Waals surface area contributed by atoms with Gasteiger partial charge in [-0.25, -0.2) is 4.39 Å². The summed E-state index contributed by atoms with van der Waals surface area (Å²) in [6.45, 7) is 0.540. The van der Waals surface area contributed by atoms with Crippen LogP contribution in [0.5, 0.6) is 0 Å². The normalized spacial score (nSPS) is 11.3. The fraction of sp³-hybridized carbons (Fsp3) is 0.0556. The molecular formula is C18H12FN2O2. The zero-order valence-corrected chi connectivity index (χ0v) is 12.0. The number of furan rings is 1. The van der Waals surface area contributed by atoms with E-state index in [1.54, 1.807) is 30.7 Å². The predicted octanol–water partition coefficient (Wildman–Crippen LogP) is 3.47. The zero-order chi connectivity index (χ0) is 16.0. The fourth-order valence-electron chi connectivity index (χ4n) is 2.97. The molecule has 1 amide bonds. The first kappa shape index (κ1) is 13.6. The molecule has 0 bridgehead atoms. The van der Waals surface area contributed by atoms with Gasteiger partial charge in [0.1, 0.15) is 5.82 Å². The maximum atomic E-state index is 13.7. The summed E-state index contributed by atoms with van der Waals surface area (Å²) >= 11 is 0. The molecule has 0 saturated carbocycles. The molecule has 0 aliphatic rings. The molecule has 1 radical (unpaired) electrons. The standard InChI is InChI=1S/C18H12FN2O2/c19-12-4-5-15-14(8-12)17-13(18(20)22)2-1-3-16(17)21(15)9-11-6-7-23-10-11/h1-7,10H,9H2,(H2,20,22). The molecule has 113 valence electrons. The highest BCUT2D eigenvalue weighted by molar-refractivity contribution is 6.17. The van der Waals surface area contributed by atoms with Crippen molar-refractivity contribution in [3.63, 3.8) is 0 Å². The van der Waals surface area contributed by atoms with Gasteiger partial charge in [0.05, 0.1) is 30.1 Å². The number of hydrogen-bond donors (Lipinski definition) is 1. The average molecular weight is 307 g/mol. The van der Waals surface area contributed by atoms with E-state index in [-0.39, 0.29) is 0 Å². The van der Waals surface area contributed by atoms with Gasteiger partial charge in [0.2, 0.25) is 5.91 Å². The summed E-state index contributed by atoms with van der Waals surface area (Å²) in [5, 5.41) is 1.18. The summed E-state index contributed by atoms with van der Waals surface area (Å²) in [4.78, 5) is 11.8. The number of benzene rings is 2. The SMILES string of the molecule is NC(=O)c1cccc2c1c1[c]c(F)ccc1n2Cc1ccoc1. The van der Waals surface area contributed by atoms with Gasteiger partial charge in [-0.1, -0.05) is 6.07 Å². The molecule has 0 unspecified atom stereocenters. The second-order valence-electron chi connectivity index (χ2n) is 5.35. The first-order valence-electron chi connectivity index (χ1n) is 7.09. The molecule has 2 aromatic heterocycles. The Hall–Kier alpha value is -3.08. The maximum absolute atomic E-state index is 13.7. The summed E-state index contributed by atoms with van der Waals surface area (Å²) in [5.74, 6) is -1.02. The first-order valence-corrected chi connectivity index (χ1v) is 7.09. The van der Waals surface area contributed by atoms with Crippen molar-refractivity contribution in [1.29, 1.82) is 0 Å². The van der Waals surface area contributed by atoms with Crippen molar-refractivity contribution < 1.29 is 13.6 Å². The highest BCUT2D eigenvalue weighted by Gasteiger charge is 2.17. The second kappa shape index (κ2) is 4.98. The van der Waals surface area contributed by atoms with E-state index in [0.717, 1.165) is 16.6 Å². The highest BCUT2D eigenvalue weighted by atomic mass is 19.1. The van der Waals surface area contributed by atoms with Gasteiger partial charge in [-0.05, 0) is 30.3 Å². The van der Waals surface area contributed by atoms with Gasteiger partial charge < -0.3 is 14.7 Å². The number of nitrogens with two attached hydrogens (primary N) is 1. The van der Waals surface area contributed by atoms with Crippen LogP contribution in [0.25, 0.3) is 21.8 Å². The topological polar surface area (TPSA) is 61.2 Å². The number of carbonyl (C=O) groups excluding carboxylic acids is 1. The molecule has 0 fully saturated rings. The Morgan fingerprint density at radius 3 is 2.83 bits per heavy atom. The first-order chi connectivity index (χ1) is 11.1. The van der Waals surface area contributed by atoms with Gasteiger partial charge in [-0.3, -0.25) is 4.79 Å². The minimum atomic E-state index is -0.546. The summed E-state index contributed by atoms with van der Waals surface area (Å²) in [7, 11) is 0. The molecule has 4 aromatic rings. The van der Waals surface area contributed by atoms with Crippen molar-refractivity contribution in [3.05, 3.63) is 71.9 Å². The lowest BCUT2D eigenvalue weighted by atomic mass is 10.1. The molecule has 2 N–H and O–H groups in total. The third-order valence-electron chi connectivity index (χ3n) is 3.95. The van der Waals surface area contributed by atoms with Crippen LogP contribution in [0.4, 0.5) is 4.39 Å². The van der Waals surface area contributed by atoms with Crippen LogP contribution < -0.4 is 5.73 Å². The van der Waals surface area contributed by atoms with Crippen molar-refractivity contribution in [2.75, 3.05) is 0 Å². The van der Waals surface area contributed by atoms with Crippen LogP contribution in [-0.4, -0.2) is 10.5 Å². The van der Waals surface area contributed by atoms with E-state index < -0.39 is 11.7 Å². The van der Waals surface area contributed by atoms with Crippen molar-refractivity contribution in [1.82, 2.24) is 4.57 Å². The molecule has 23 heavy (non-hydrogen) atoms. The molecule has 4 nitrogen and oxygen atoms in total. The molecule has 2 aromatic carbocycles. The summed E-state index contributed by atoms with van der Waals surface area (Å²) in [5.41, 5.74) is 8.41. The Balaban J connectivity index is 2.11. The van der Waals surface area contributed by atoms with Gasteiger partial charge in [0.25, 0.3) is 0 Å². The van der Waals surface area contributed by atoms with Crippen molar-refractivity contribution in [3.8, 4) is 0 Å². The average Bonchev–Trinajstić information content (AvgIpc) is 3.14. The largest absolute Gasteiger partial charge is 0.472 e. The van der Waals surface area contributed by atoms with Gasteiger partial charge in [0.15, 0.2) is 0 Å². The summed E-state index contributed by atoms with van der Waals surface area (Å²) in [6.07, 6.45) is 3.26. The lowest BCUT2D eigenvalue weighted by Gasteiger charge is -2.06. The van der Waals surface area contributed by atoms with E-state index in [4.69, 9.17) is 10.2 Å². The number of carbonyl (C=O) groups is 1. The van der Waals surface area contributed by atoms with Crippen molar-refractivity contribution in [2.24, 2.45) is 5.73 Å². The predicted molar refractivity (Wildman–Crippen MR) is 84.6 cm³/mol. The number of fused-ring (bicyclic) bond motifs is 3. The summed E-state index contributed by atoms with van der Waals surface area (Å²) in [6, 6.07) is 12.9. The number of aromatic nitrogens is 1. The minimum Gasteiger partial charge on any atom is -0.472 e. The van der Waals surface area contributed by atoms with E-state index in [9.17, 15) is 9.18 Å². The van der Waals surface area contributed by atoms with E-state index in [1.807, 2.05) is 16.7 Å². The van der Waals surface area contributed by atoms with Crippen LogP contribution in [0, 0.1) is 11.9 Å². The summed E-state index contributed by atoms with van der Waals surface area (Å²) < 4.78 is 20.8. The quantitative estimate of drug-likeness (QED) is 0.630. The minimum absolute atomic E-state index is 0.361. The molecule has 0 atom stereocenters. The van der Waals surface area contributed by atoms with Crippen molar-refractivity contribution in [2.45, 2.75) is 6.54 Å². The van der Waals surface area contributed by atoms with E-state index in [0.29, 0.717) is 22.9 Å². The Morgan fingerprint density at radius 2 is 2.09 bits per heavy atom. The van der Waals surface area contributed by atoms with Gasteiger partial charge in [-0.2, -0.15) is 0 Å². The van der Waals surface area contributed by atoms with Crippen LogP contribution in [0.3, 0.4) is 0 Å². The number of hydrogen-bond acceptors (Lipinski definition) is 2. The third kappa shape index (κ3) is 2.09. The maximum Gasteiger partial charge on any atom is 0.249 e. The molecule has 0 saturated heterocycles. The van der Waals surface area contributed by atoms with Gasteiger partial charge in [-0.15, -0.1) is 0 Å². The highest BCUT2D eigenvalue weighted by Crippen LogP contribution is 2.32. The smallest absolute Gasteiger partial charge is 0.249 e. The van der Waals surface area contributed by atoms with Crippen LogP contribution in [-0.2, 0) is 6.54 Å². The van der Waals surface area contributed by atoms with E-state index in [2.05, 4.69) is 6.07 Å². The number of nitrogens with zero attached hydrogens (tertiary/aromatic N) is 1. The Labute approximate surface area is 130 Å². The van der Waals surface area contributed by atoms with Crippen LogP contribution in [0.2, 0.25) is 0 Å². The van der Waals surface area contributed by atoms with Crippen LogP contribution in [0.15, 0.2) is 53.3 Å². The zero-order valence-electron chi connectivity index (χ0n) is 12.0. The fourth-order valence-corrected chi connectivity index (χ4v) is 2.97. The van der Waals surface area contributed by atoms with Gasteiger partial charge in [0, 0.05) is 28.0 Å². The molecule has 0 spiro atoms.